The predicted molar refractivity (Wildman–Crippen MR) is 94.7 cm³/mol. The van der Waals surface area contributed by atoms with Crippen molar-refractivity contribution in [3.63, 3.8) is 0 Å². The van der Waals surface area contributed by atoms with Gasteiger partial charge in [-0.15, -0.1) is 0 Å². The molecular weight excluding hydrogens is 300 g/mol. The van der Waals surface area contributed by atoms with E-state index in [4.69, 9.17) is 5.73 Å². The van der Waals surface area contributed by atoms with E-state index in [9.17, 15) is 9.59 Å². The first-order valence-electron chi connectivity index (χ1n) is 8.36. The Morgan fingerprint density at radius 2 is 1.54 bits per heavy atom. The number of rotatable bonds is 4. The average molecular weight is 322 g/mol. The van der Waals surface area contributed by atoms with Crippen molar-refractivity contribution in [3.05, 3.63) is 66.2 Å². The summed E-state index contributed by atoms with van der Waals surface area (Å²) >= 11 is 0. The molecule has 3 atom stereocenters. The quantitative estimate of drug-likeness (QED) is 0.849. The highest BCUT2D eigenvalue weighted by Gasteiger charge is 2.35. The molecule has 0 radical (unpaired) electrons. The molecule has 2 aromatic carbocycles. The summed E-state index contributed by atoms with van der Waals surface area (Å²) in [5, 5.41) is 2.91. The first-order valence-corrected chi connectivity index (χ1v) is 8.36. The molecule has 0 bridgehead atoms. The second kappa shape index (κ2) is 7.41. The lowest BCUT2D eigenvalue weighted by molar-refractivity contribution is -0.121. The topological polar surface area (TPSA) is 72.2 Å². The third kappa shape index (κ3) is 3.71. The van der Waals surface area contributed by atoms with Crippen LogP contribution in [0.4, 0.5) is 5.69 Å². The van der Waals surface area contributed by atoms with E-state index >= 15 is 0 Å². The molecule has 0 spiro atoms. The first-order chi connectivity index (χ1) is 11.6. The van der Waals surface area contributed by atoms with Gasteiger partial charge >= 0.3 is 0 Å². The summed E-state index contributed by atoms with van der Waals surface area (Å²) in [5.41, 5.74) is 7.73. The van der Waals surface area contributed by atoms with E-state index in [1.165, 1.54) is 0 Å². The molecule has 1 fully saturated rings. The molecule has 3 rings (SSSR count). The molecule has 1 aliphatic rings. The van der Waals surface area contributed by atoms with E-state index in [1.54, 1.807) is 0 Å². The molecule has 1 aliphatic carbocycles. The van der Waals surface area contributed by atoms with Gasteiger partial charge in [0.15, 0.2) is 5.78 Å². The molecule has 1 saturated carbocycles. The number of carbonyl (C=O) groups is 2. The van der Waals surface area contributed by atoms with Crippen LogP contribution < -0.4 is 11.1 Å². The van der Waals surface area contributed by atoms with Gasteiger partial charge in [-0.2, -0.15) is 0 Å². The molecule has 0 saturated heterocycles. The highest BCUT2D eigenvalue weighted by Crippen LogP contribution is 2.31. The Morgan fingerprint density at radius 3 is 2.17 bits per heavy atom. The lowest BCUT2D eigenvalue weighted by Crippen LogP contribution is -2.44. The van der Waals surface area contributed by atoms with E-state index in [0.717, 1.165) is 11.3 Å². The van der Waals surface area contributed by atoms with Gasteiger partial charge in [-0.25, -0.2) is 0 Å². The van der Waals surface area contributed by atoms with Crippen LogP contribution in [0, 0.1) is 11.8 Å². The Morgan fingerprint density at radius 1 is 0.917 bits per heavy atom. The van der Waals surface area contributed by atoms with Crippen molar-refractivity contribution >= 4 is 17.4 Å². The lowest BCUT2D eigenvalue weighted by Gasteiger charge is -2.32. The number of Topliss-reactive ketones (excluding diaryl/α,β-unsaturated/α-hetero) is 1. The van der Waals surface area contributed by atoms with Crippen LogP contribution in [-0.2, 0) is 4.79 Å². The van der Waals surface area contributed by atoms with E-state index in [2.05, 4.69) is 5.32 Å². The number of amides is 1. The Hall–Kier alpha value is -2.46. The van der Waals surface area contributed by atoms with Gasteiger partial charge in [0.25, 0.3) is 0 Å². The summed E-state index contributed by atoms with van der Waals surface area (Å²) in [7, 11) is 0. The van der Waals surface area contributed by atoms with Gasteiger partial charge in [-0.05, 0) is 31.4 Å². The van der Waals surface area contributed by atoms with Crippen LogP contribution in [0.2, 0.25) is 0 Å². The molecule has 124 valence electrons. The molecular formula is C20H22N2O2. The number of benzene rings is 2. The van der Waals surface area contributed by atoms with Gasteiger partial charge in [0.05, 0.1) is 5.92 Å². The van der Waals surface area contributed by atoms with Gasteiger partial charge in [-0.1, -0.05) is 48.5 Å². The number of carbonyl (C=O) groups excluding carboxylic acids is 2. The fourth-order valence-corrected chi connectivity index (χ4v) is 3.36. The van der Waals surface area contributed by atoms with Crippen LogP contribution in [0.1, 0.15) is 29.6 Å². The van der Waals surface area contributed by atoms with E-state index in [-0.39, 0.29) is 29.6 Å². The monoisotopic (exact) mass is 322 g/mol. The minimum Gasteiger partial charge on any atom is -0.327 e. The highest BCUT2D eigenvalue weighted by molar-refractivity contribution is 5.98. The van der Waals surface area contributed by atoms with Crippen molar-refractivity contribution in [2.24, 2.45) is 17.6 Å². The van der Waals surface area contributed by atoms with Gasteiger partial charge in [0.1, 0.15) is 0 Å². The van der Waals surface area contributed by atoms with E-state index in [0.29, 0.717) is 19.3 Å². The van der Waals surface area contributed by atoms with Gasteiger partial charge < -0.3 is 11.1 Å². The number of ketones is 1. The van der Waals surface area contributed by atoms with Gasteiger partial charge in [0.2, 0.25) is 5.91 Å². The molecule has 3 N–H and O–H groups in total. The number of nitrogens with one attached hydrogen (secondary N) is 1. The number of hydrogen-bond donors (Lipinski definition) is 2. The maximum absolute atomic E-state index is 12.6. The lowest BCUT2D eigenvalue weighted by atomic mass is 9.75. The second-order valence-electron chi connectivity index (χ2n) is 6.37. The molecule has 0 aliphatic heterocycles. The molecule has 1 amide bonds. The first kappa shape index (κ1) is 16.4. The summed E-state index contributed by atoms with van der Waals surface area (Å²) in [6, 6.07) is 18.4. The van der Waals surface area contributed by atoms with Crippen molar-refractivity contribution < 1.29 is 9.59 Å². The minimum absolute atomic E-state index is 0.0562. The molecule has 24 heavy (non-hydrogen) atoms. The van der Waals surface area contributed by atoms with Crippen LogP contribution in [-0.4, -0.2) is 17.7 Å². The normalized spacial score (nSPS) is 23.5. The maximum Gasteiger partial charge on any atom is 0.229 e. The molecule has 4 nitrogen and oxygen atoms in total. The summed E-state index contributed by atoms with van der Waals surface area (Å²) in [6.45, 7) is 0. The summed E-state index contributed by atoms with van der Waals surface area (Å²) in [4.78, 5) is 25.0. The molecule has 0 aromatic heterocycles. The number of para-hydroxylation sites is 1. The summed E-state index contributed by atoms with van der Waals surface area (Å²) < 4.78 is 0. The van der Waals surface area contributed by atoms with Crippen molar-refractivity contribution in [1.29, 1.82) is 0 Å². The van der Waals surface area contributed by atoms with Crippen LogP contribution in [0.3, 0.4) is 0 Å². The molecule has 4 heteroatoms. The van der Waals surface area contributed by atoms with Crippen molar-refractivity contribution in [2.75, 3.05) is 5.32 Å². The Bertz CT molecular complexity index is 700. The summed E-state index contributed by atoms with van der Waals surface area (Å²) in [5.74, 6) is -0.263. The highest BCUT2D eigenvalue weighted by atomic mass is 16.2. The number of hydrogen-bond acceptors (Lipinski definition) is 3. The minimum atomic E-state index is -0.292. The average Bonchev–Trinajstić information content (AvgIpc) is 2.62. The van der Waals surface area contributed by atoms with Crippen molar-refractivity contribution in [2.45, 2.75) is 25.3 Å². The van der Waals surface area contributed by atoms with Crippen molar-refractivity contribution in [1.82, 2.24) is 0 Å². The van der Waals surface area contributed by atoms with E-state index in [1.807, 2.05) is 60.7 Å². The van der Waals surface area contributed by atoms with Crippen LogP contribution in [0.25, 0.3) is 0 Å². The standard InChI is InChI=1S/C20H22N2O2/c21-18-13-15(19(23)14-7-3-1-4-8-14)11-12-17(18)20(24)22-16-9-5-2-6-10-16/h1-10,15,17-18H,11-13,21H2,(H,22,24). The zero-order chi connectivity index (χ0) is 16.9. The van der Waals surface area contributed by atoms with Gasteiger partial charge in [0, 0.05) is 23.2 Å². The van der Waals surface area contributed by atoms with Crippen molar-refractivity contribution in [3.8, 4) is 0 Å². The smallest absolute Gasteiger partial charge is 0.229 e. The van der Waals surface area contributed by atoms with Crippen LogP contribution in [0.15, 0.2) is 60.7 Å². The molecule has 0 heterocycles. The molecule has 3 unspecified atom stereocenters. The third-order valence-corrected chi connectivity index (χ3v) is 4.71. The van der Waals surface area contributed by atoms with Crippen LogP contribution in [0.5, 0.6) is 0 Å². The second-order valence-corrected chi connectivity index (χ2v) is 6.37. The Kier molecular flexibility index (Phi) is 5.06. The number of anilines is 1. The zero-order valence-electron chi connectivity index (χ0n) is 13.5. The zero-order valence-corrected chi connectivity index (χ0v) is 13.5. The van der Waals surface area contributed by atoms with E-state index < -0.39 is 0 Å². The summed E-state index contributed by atoms with van der Waals surface area (Å²) in [6.07, 6.45) is 1.90. The third-order valence-electron chi connectivity index (χ3n) is 4.71. The predicted octanol–water partition coefficient (Wildman–Crippen LogP) is 3.25. The largest absolute Gasteiger partial charge is 0.327 e. The van der Waals surface area contributed by atoms with Gasteiger partial charge in [-0.3, -0.25) is 9.59 Å². The maximum atomic E-state index is 12.6. The fourth-order valence-electron chi connectivity index (χ4n) is 3.36. The Balaban J connectivity index is 1.61. The molecule has 2 aromatic rings. The fraction of sp³-hybridized carbons (Fsp3) is 0.300. The SMILES string of the molecule is NC1CC(C(=O)c2ccccc2)CCC1C(=O)Nc1ccccc1. The number of nitrogens with two attached hydrogens (primary N) is 1. The van der Waals surface area contributed by atoms with Crippen LogP contribution >= 0.6 is 0 Å². The Labute approximate surface area is 142 Å².